The number of benzene rings is 2. The first-order valence-electron chi connectivity index (χ1n) is 12.0. The van der Waals surface area contributed by atoms with Gasteiger partial charge in [0.05, 0.1) is 7.11 Å². The third kappa shape index (κ3) is 4.85. The molecule has 0 bridgehead atoms. The Morgan fingerprint density at radius 2 is 1.61 bits per heavy atom. The summed E-state index contributed by atoms with van der Waals surface area (Å²) in [5.74, 6) is 1.76. The van der Waals surface area contributed by atoms with Crippen molar-refractivity contribution < 1.29 is 14.3 Å². The molecule has 3 N–H and O–H groups in total. The van der Waals surface area contributed by atoms with Gasteiger partial charge in [-0.1, -0.05) is 42.5 Å². The number of hydrogen-bond acceptors (Lipinski definition) is 3. The number of nitrogens with one attached hydrogen (secondary N) is 3. The molecule has 0 atom stereocenters. The molecule has 0 saturated heterocycles. The Balaban J connectivity index is 0.964. The van der Waals surface area contributed by atoms with Crippen molar-refractivity contribution in [2.75, 3.05) is 7.11 Å². The van der Waals surface area contributed by atoms with Crippen LogP contribution in [-0.2, 0) is 11.3 Å². The van der Waals surface area contributed by atoms with Crippen molar-refractivity contribution in [3.8, 4) is 5.75 Å². The van der Waals surface area contributed by atoms with Crippen molar-refractivity contribution in [3.63, 3.8) is 0 Å². The Hall–Kier alpha value is -3.02. The summed E-state index contributed by atoms with van der Waals surface area (Å²) in [6.45, 7) is 0.488. The molecule has 3 saturated carbocycles. The van der Waals surface area contributed by atoms with Gasteiger partial charge in [-0.15, -0.1) is 0 Å². The van der Waals surface area contributed by atoms with Gasteiger partial charge in [0.25, 0.3) is 0 Å². The Morgan fingerprint density at radius 3 is 2.27 bits per heavy atom. The second kappa shape index (κ2) is 9.08. The zero-order valence-electron chi connectivity index (χ0n) is 19.2. The minimum Gasteiger partial charge on any atom is -0.497 e. The third-order valence-electron chi connectivity index (χ3n) is 7.79. The molecule has 3 amide bonds. The number of methoxy groups -OCH3 is 1. The van der Waals surface area contributed by atoms with Crippen LogP contribution in [0.2, 0.25) is 0 Å². The van der Waals surface area contributed by atoms with E-state index in [9.17, 15) is 9.59 Å². The van der Waals surface area contributed by atoms with Gasteiger partial charge in [-0.3, -0.25) is 4.79 Å². The zero-order valence-corrected chi connectivity index (χ0v) is 19.2. The highest BCUT2D eigenvalue weighted by Gasteiger charge is 2.55. The molecular formula is C27H33N3O3. The molecule has 3 fully saturated rings. The lowest BCUT2D eigenvalue weighted by atomic mass is 9.50. The van der Waals surface area contributed by atoms with Crippen LogP contribution in [0.1, 0.15) is 55.6 Å². The predicted molar refractivity (Wildman–Crippen MR) is 127 cm³/mol. The topological polar surface area (TPSA) is 79.5 Å². The van der Waals surface area contributed by atoms with Crippen LogP contribution in [0, 0.1) is 11.3 Å². The maximum atomic E-state index is 12.6. The number of carbonyl (C=O) groups excluding carboxylic acids is 2. The summed E-state index contributed by atoms with van der Waals surface area (Å²) in [6.07, 6.45) is 5.97. The van der Waals surface area contributed by atoms with Crippen LogP contribution in [0.5, 0.6) is 5.75 Å². The largest absolute Gasteiger partial charge is 0.497 e. The van der Waals surface area contributed by atoms with Crippen LogP contribution < -0.4 is 20.7 Å². The van der Waals surface area contributed by atoms with E-state index in [0.717, 1.165) is 49.8 Å². The van der Waals surface area contributed by atoms with Gasteiger partial charge in [-0.05, 0) is 73.1 Å². The number of ether oxygens (including phenoxy) is 1. The standard InChI is InChI=1S/C27H33N3O3/c1-33-24-9-7-18(8-10-24)17-28-26(32)30-23-15-27(16-23)13-21(14-27)25(31)29-22-11-20(12-22)19-5-3-2-4-6-19/h2-10,20-23H,11-17H2,1H3,(H,29,31)(H2,28,30,32). The second-order valence-electron chi connectivity index (χ2n) is 10.2. The maximum Gasteiger partial charge on any atom is 0.315 e. The van der Waals surface area contributed by atoms with Gasteiger partial charge in [0.15, 0.2) is 0 Å². The monoisotopic (exact) mass is 447 g/mol. The van der Waals surface area contributed by atoms with Crippen LogP contribution in [0.15, 0.2) is 54.6 Å². The quantitative estimate of drug-likeness (QED) is 0.598. The van der Waals surface area contributed by atoms with Crippen LogP contribution >= 0.6 is 0 Å². The summed E-state index contributed by atoms with van der Waals surface area (Å²) in [7, 11) is 1.64. The Morgan fingerprint density at radius 1 is 0.909 bits per heavy atom. The maximum absolute atomic E-state index is 12.6. The van der Waals surface area contributed by atoms with E-state index in [0.29, 0.717) is 18.5 Å². The lowest BCUT2D eigenvalue weighted by Gasteiger charge is -2.57. The van der Waals surface area contributed by atoms with Gasteiger partial charge in [-0.25, -0.2) is 4.79 Å². The molecular weight excluding hydrogens is 414 g/mol. The van der Waals surface area contributed by atoms with Crippen molar-refractivity contribution in [2.45, 2.75) is 63.1 Å². The van der Waals surface area contributed by atoms with E-state index in [2.05, 4.69) is 40.2 Å². The van der Waals surface area contributed by atoms with Crippen molar-refractivity contribution in [3.05, 3.63) is 65.7 Å². The molecule has 6 heteroatoms. The molecule has 2 aromatic carbocycles. The van der Waals surface area contributed by atoms with E-state index < -0.39 is 0 Å². The van der Waals surface area contributed by atoms with E-state index >= 15 is 0 Å². The van der Waals surface area contributed by atoms with Gasteiger partial charge in [0.2, 0.25) is 5.91 Å². The number of rotatable bonds is 7. The van der Waals surface area contributed by atoms with Crippen molar-refractivity contribution >= 4 is 11.9 Å². The Bertz CT molecular complexity index is 971. The lowest BCUT2D eigenvalue weighted by Crippen LogP contribution is -2.60. The molecule has 6 nitrogen and oxygen atoms in total. The average molecular weight is 448 g/mol. The van der Waals surface area contributed by atoms with Crippen LogP contribution in [-0.4, -0.2) is 31.1 Å². The fraction of sp³-hybridized carbons (Fsp3) is 0.481. The summed E-state index contributed by atoms with van der Waals surface area (Å²) < 4.78 is 5.15. The fourth-order valence-corrected chi connectivity index (χ4v) is 5.81. The van der Waals surface area contributed by atoms with E-state index in [1.807, 2.05) is 30.3 Å². The van der Waals surface area contributed by atoms with Crippen molar-refractivity contribution in [1.82, 2.24) is 16.0 Å². The third-order valence-corrected chi connectivity index (χ3v) is 7.79. The Labute approximate surface area is 195 Å². The molecule has 0 radical (unpaired) electrons. The molecule has 0 aliphatic heterocycles. The first-order valence-corrected chi connectivity index (χ1v) is 12.0. The van der Waals surface area contributed by atoms with E-state index in [1.165, 1.54) is 5.56 Å². The van der Waals surface area contributed by atoms with Crippen molar-refractivity contribution in [1.29, 1.82) is 0 Å². The minimum atomic E-state index is -0.128. The first kappa shape index (κ1) is 21.8. The zero-order chi connectivity index (χ0) is 22.8. The summed E-state index contributed by atoms with van der Waals surface area (Å²) in [5.41, 5.74) is 2.68. The second-order valence-corrected chi connectivity index (χ2v) is 10.2. The molecule has 0 heterocycles. The highest BCUT2D eigenvalue weighted by atomic mass is 16.5. The van der Waals surface area contributed by atoms with Crippen LogP contribution in [0.3, 0.4) is 0 Å². The predicted octanol–water partition coefficient (Wildman–Crippen LogP) is 4.12. The molecule has 5 rings (SSSR count). The molecule has 33 heavy (non-hydrogen) atoms. The molecule has 3 aliphatic rings. The fourth-order valence-electron chi connectivity index (χ4n) is 5.81. The molecule has 2 aromatic rings. The van der Waals surface area contributed by atoms with Crippen molar-refractivity contribution in [2.24, 2.45) is 11.3 Å². The Kier molecular flexibility index (Phi) is 6.00. The first-order chi connectivity index (χ1) is 16.0. The van der Waals surface area contributed by atoms with E-state index in [1.54, 1.807) is 7.11 Å². The molecule has 0 unspecified atom stereocenters. The summed E-state index contributed by atoms with van der Waals surface area (Å²) in [4.78, 5) is 24.8. The minimum absolute atomic E-state index is 0.128. The van der Waals surface area contributed by atoms with Gasteiger partial charge in [-0.2, -0.15) is 0 Å². The normalized spacial score (nSPS) is 29.7. The molecule has 174 valence electrons. The highest BCUT2D eigenvalue weighted by molar-refractivity contribution is 5.80. The lowest BCUT2D eigenvalue weighted by molar-refractivity contribution is -0.139. The molecule has 3 aliphatic carbocycles. The summed E-state index contributed by atoms with van der Waals surface area (Å²) in [6, 6.07) is 18.7. The van der Waals surface area contributed by atoms with Gasteiger partial charge < -0.3 is 20.7 Å². The highest BCUT2D eigenvalue weighted by Crippen LogP contribution is 2.58. The SMILES string of the molecule is COc1ccc(CNC(=O)NC2CC3(C2)CC(C(=O)NC2CC(c4ccccc4)C2)C3)cc1. The number of hydrogen-bond donors (Lipinski definition) is 3. The van der Waals surface area contributed by atoms with Gasteiger partial charge in [0, 0.05) is 24.5 Å². The van der Waals surface area contributed by atoms with E-state index in [4.69, 9.17) is 4.74 Å². The van der Waals surface area contributed by atoms with E-state index in [-0.39, 0.29) is 29.3 Å². The van der Waals surface area contributed by atoms with Gasteiger partial charge >= 0.3 is 6.03 Å². The summed E-state index contributed by atoms with van der Waals surface area (Å²) in [5, 5.41) is 9.25. The van der Waals surface area contributed by atoms with Crippen LogP contribution in [0.4, 0.5) is 4.79 Å². The molecule has 1 spiro atoms. The molecule has 0 aromatic heterocycles. The number of urea groups is 1. The van der Waals surface area contributed by atoms with Crippen LogP contribution in [0.25, 0.3) is 0 Å². The summed E-state index contributed by atoms with van der Waals surface area (Å²) >= 11 is 0. The number of amides is 3. The average Bonchev–Trinajstić information content (AvgIpc) is 2.76. The van der Waals surface area contributed by atoms with Gasteiger partial charge in [0.1, 0.15) is 5.75 Å². The smallest absolute Gasteiger partial charge is 0.315 e. The number of carbonyl (C=O) groups is 2.